The molecule has 1 nitrogen and oxygen atoms in total. The lowest BCUT2D eigenvalue weighted by Gasteiger charge is -2.24. The van der Waals surface area contributed by atoms with Gasteiger partial charge in [-0.25, -0.2) is 0 Å². The summed E-state index contributed by atoms with van der Waals surface area (Å²) in [6.07, 6.45) is 0. The maximum absolute atomic E-state index is 2.70. The zero-order valence-corrected chi connectivity index (χ0v) is 8.48. The van der Waals surface area contributed by atoms with Crippen LogP contribution in [0.1, 0.15) is 0 Å². The fourth-order valence-corrected chi connectivity index (χ4v) is 9.56. The summed E-state index contributed by atoms with van der Waals surface area (Å²) in [5.74, 6) is 0. The molecule has 0 aliphatic carbocycles. The fraction of sp³-hybridized carbons (Fsp3) is 1.00. The van der Waals surface area contributed by atoms with E-state index < -0.39 is 8.24 Å². The summed E-state index contributed by atoms with van der Waals surface area (Å²) in [5.41, 5.74) is 0. The molecule has 48 valence electrons. The van der Waals surface area contributed by atoms with E-state index in [2.05, 4.69) is 24.4 Å². The molecular formula is C5H15NSi2. The van der Waals surface area contributed by atoms with Crippen molar-refractivity contribution in [1.29, 1.82) is 0 Å². The fourth-order valence-electron chi connectivity index (χ4n) is 1.24. The number of nitrogens with zero attached hydrogens (tertiary/aromatic N) is 1. The highest BCUT2D eigenvalue weighted by Crippen LogP contribution is 2.22. The first-order valence-electron chi connectivity index (χ1n) is 3.34. The Kier molecular flexibility index (Phi) is 1.60. The van der Waals surface area contributed by atoms with Crippen molar-refractivity contribution >= 4 is 17.9 Å². The topological polar surface area (TPSA) is 3.24 Å². The van der Waals surface area contributed by atoms with E-state index in [1.54, 1.807) is 12.1 Å². The molecule has 0 aromatic rings. The van der Waals surface area contributed by atoms with Crippen molar-refractivity contribution in [1.82, 2.24) is 4.23 Å². The Hall–Kier alpha value is 0.394. The third-order valence-electron chi connectivity index (χ3n) is 2.32. The van der Waals surface area contributed by atoms with Gasteiger partial charge in [0.05, 0.1) is 9.68 Å². The second-order valence-corrected chi connectivity index (χ2v) is 11.0. The van der Waals surface area contributed by atoms with E-state index in [0.29, 0.717) is 0 Å². The molecule has 1 saturated heterocycles. The van der Waals surface area contributed by atoms with Gasteiger partial charge in [-0.05, 0) is 13.1 Å². The summed E-state index contributed by atoms with van der Waals surface area (Å²) in [6, 6.07) is 3.14. The van der Waals surface area contributed by atoms with Gasteiger partial charge in [-0.15, -0.1) is 0 Å². The van der Waals surface area contributed by atoms with Gasteiger partial charge in [0.1, 0.15) is 8.24 Å². The normalized spacial score (nSPS) is 31.9. The average molecular weight is 145 g/mol. The van der Waals surface area contributed by atoms with Crippen LogP contribution >= 0.6 is 0 Å². The lowest BCUT2D eigenvalue weighted by atomic mass is 10.9. The first-order valence-corrected chi connectivity index (χ1v) is 8.13. The van der Waals surface area contributed by atoms with Crippen LogP contribution in [-0.4, -0.2) is 29.2 Å². The van der Waals surface area contributed by atoms with Crippen LogP contribution in [-0.2, 0) is 0 Å². The third-order valence-corrected chi connectivity index (χ3v) is 11.2. The molecule has 0 aromatic carbocycles. The van der Waals surface area contributed by atoms with E-state index >= 15 is 0 Å². The summed E-state index contributed by atoms with van der Waals surface area (Å²) in [7, 11) is 1.83. The summed E-state index contributed by atoms with van der Waals surface area (Å²) >= 11 is 0. The Bertz CT molecular complexity index is 92.4. The van der Waals surface area contributed by atoms with Crippen molar-refractivity contribution in [2.75, 3.05) is 7.05 Å². The molecule has 0 saturated carbocycles. The van der Waals surface area contributed by atoms with Gasteiger partial charge in [-0.1, -0.05) is 19.1 Å². The molecule has 0 radical (unpaired) electrons. The van der Waals surface area contributed by atoms with Crippen LogP contribution in [0.4, 0.5) is 0 Å². The molecule has 0 aromatic heterocycles. The minimum Gasteiger partial charge on any atom is -0.353 e. The monoisotopic (exact) mass is 145 g/mol. The second-order valence-electron chi connectivity index (χ2n) is 3.34. The average Bonchev–Trinajstić information content (AvgIpc) is 1.86. The maximum Gasteiger partial charge on any atom is 0.114 e. The van der Waals surface area contributed by atoms with Crippen molar-refractivity contribution < 1.29 is 0 Å². The molecule has 0 N–H and O–H groups in total. The standard InChI is InChI=1S/C5H15NSi2/c1-6-7-4-5-8(6,2)3/h4-5,7H2,1-3H3. The van der Waals surface area contributed by atoms with Crippen LogP contribution in [0.25, 0.3) is 0 Å². The van der Waals surface area contributed by atoms with Crippen LogP contribution in [0.2, 0.25) is 25.2 Å². The minimum absolute atomic E-state index is 0.258. The van der Waals surface area contributed by atoms with Crippen LogP contribution in [0.15, 0.2) is 0 Å². The molecule has 8 heavy (non-hydrogen) atoms. The molecule has 1 fully saturated rings. The number of rotatable bonds is 0. The minimum atomic E-state index is -0.748. The highest BCUT2D eigenvalue weighted by molar-refractivity contribution is 6.83. The summed E-state index contributed by atoms with van der Waals surface area (Å²) < 4.78 is 2.70. The summed E-state index contributed by atoms with van der Waals surface area (Å²) in [5, 5.41) is 0. The van der Waals surface area contributed by atoms with Crippen molar-refractivity contribution in [2.24, 2.45) is 0 Å². The molecule has 1 heterocycles. The second kappa shape index (κ2) is 1.97. The zero-order valence-electron chi connectivity index (χ0n) is 6.07. The van der Waals surface area contributed by atoms with Gasteiger partial charge in [0, 0.05) is 0 Å². The Labute approximate surface area is 55.1 Å². The third kappa shape index (κ3) is 1.04. The van der Waals surface area contributed by atoms with E-state index in [-0.39, 0.29) is 9.68 Å². The quantitative estimate of drug-likeness (QED) is 0.452. The maximum atomic E-state index is 2.70. The highest BCUT2D eigenvalue weighted by Gasteiger charge is 2.30. The van der Waals surface area contributed by atoms with Gasteiger partial charge in [0.15, 0.2) is 0 Å². The Morgan fingerprint density at radius 3 is 2.25 bits per heavy atom. The van der Waals surface area contributed by atoms with Crippen LogP contribution in [0.5, 0.6) is 0 Å². The molecule has 1 rings (SSSR count). The zero-order chi connectivity index (χ0) is 6.20. The van der Waals surface area contributed by atoms with Crippen LogP contribution in [0.3, 0.4) is 0 Å². The Balaban J connectivity index is 2.54. The van der Waals surface area contributed by atoms with E-state index in [0.717, 1.165) is 0 Å². The van der Waals surface area contributed by atoms with Crippen molar-refractivity contribution in [3.63, 3.8) is 0 Å². The first kappa shape index (κ1) is 6.51. The van der Waals surface area contributed by atoms with Crippen LogP contribution < -0.4 is 0 Å². The molecule has 0 spiro atoms. The van der Waals surface area contributed by atoms with E-state index in [1.165, 1.54) is 0 Å². The lowest BCUT2D eigenvalue weighted by Crippen LogP contribution is -2.40. The van der Waals surface area contributed by atoms with Crippen LogP contribution in [0, 0.1) is 0 Å². The summed E-state index contributed by atoms with van der Waals surface area (Å²) in [4.78, 5) is 0. The molecule has 1 aliphatic rings. The van der Waals surface area contributed by atoms with Gasteiger partial charge < -0.3 is 4.23 Å². The lowest BCUT2D eigenvalue weighted by molar-refractivity contribution is 0.819. The smallest absolute Gasteiger partial charge is 0.114 e. The largest absolute Gasteiger partial charge is 0.353 e. The molecule has 3 heteroatoms. The molecule has 1 aliphatic heterocycles. The van der Waals surface area contributed by atoms with Gasteiger partial charge >= 0.3 is 0 Å². The molecule has 0 bridgehead atoms. The van der Waals surface area contributed by atoms with E-state index in [4.69, 9.17) is 0 Å². The SMILES string of the molecule is CN1[SiH2]CC[Si]1(C)C. The van der Waals surface area contributed by atoms with E-state index in [9.17, 15) is 0 Å². The van der Waals surface area contributed by atoms with Crippen molar-refractivity contribution in [3.8, 4) is 0 Å². The van der Waals surface area contributed by atoms with Crippen molar-refractivity contribution in [3.05, 3.63) is 0 Å². The highest BCUT2D eigenvalue weighted by atomic mass is 28.4. The van der Waals surface area contributed by atoms with E-state index in [1.807, 2.05) is 0 Å². The van der Waals surface area contributed by atoms with Gasteiger partial charge in [0.25, 0.3) is 0 Å². The van der Waals surface area contributed by atoms with Crippen molar-refractivity contribution in [2.45, 2.75) is 25.2 Å². The van der Waals surface area contributed by atoms with Gasteiger partial charge in [-0.3, -0.25) is 0 Å². The summed E-state index contributed by atoms with van der Waals surface area (Å²) in [6.45, 7) is 4.96. The first-order chi connectivity index (χ1) is 3.63. The van der Waals surface area contributed by atoms with Gasteiger partial charge in [-0.2, -0.15) is 0 Å². The molecule has 0 atom stereocenters. The predicted octanol–water partition coefficient (Wildman–Crippen LogP) is 0.639. The Morgan fingerprint density at radius 1 is 1.50 bits per heavy atom. The number of hydrogen-bond acceptors (Lipinski definition) is 1. The van der Waals surface area contributed by atoms with Gasteiger partial charge in [0.2, 0.25) is 0 Å². The Morgan fingerprint density at radius 2 is 2.12 bits per heavy atom. The predicted molar refractivity (Wildman–Crippen MR) is 43.4 cm³/mol. The number of hydrogen-bond donors (Lipinski definition) is 0. The molecular weight excluding hydrogens is 130 g/mol. The molecule has 0 unspecified atom stereocenters. The molecule has 0 amide bonds.